The molecule has 0 atom stereocenters. The fraction of sp³-hybridized carbons (Fsp3) is 0.381. The molecule has 0 bridgehead atoms. The number of anilines is 2. The summed E-state index contributed by atoms with van der Waals surface area (Å²) in [4.78, 5) is 28.4. The number of amides is 1. The van der Waals surface area contributed by atoms with Crippen LogP contribution in [0.3, 0.4) is 0 Å². The average Bonchev–Trinajstić information content (AvgIpc) is 3.07. The number of likely N-dealkylation sites (N-methyl/N-ethyl adjacent to an activating group) is 1. The van der Waals surface area contributed by atoms with Gasteiger partial charge in [-0.15, -0.1) is 11.3 Å². The standard InChI is InChI=1S/C21H24BrN5OS/c1-4-26-7-9-27(10-8-26)19-17-14(3)18(29-21(17)24-12-23-19)20(28)25-16-6-5-13(2)11-15(16)22/h5-6,11-12H,4,7-10H2,1-3H3,(H,25,28). The minimum atomic E-state index is -0.114. The van der Waals surface area contributed by atoms with Gasteiger partial charge in [0.25, 0.3) is 5.91 Å². The van der Waals surface area contributed by atoms with Gasteiger partial charge < -0.3 is 15.1 Å². The van der Waals surface area contributed by atoms with Gasteiger partial charge in [-0.05, 0) is 59.6 Å². The number of nitrogens with one attached hydrogen (secondary N) is 1. The molecule has 1 aliphatic heterocycles. The number of aryl methyl sites for hydroxylation is 2. The Morgan fingerprint density at radius 1 is 1.21 bits per heavy atom. The third kappa shape index (κ3) is 4.01. The second kappa shape index (κ2) is 8.38. The Bertz CT molecular complexity index is 1060. The summed E-state index contributed by atoms with van der Waals surface area (Å²) in [5, 5.41) is 4.02. The molecule has 6 nitrogen and oxygen atoms in total. The van der Waals surface area contributed by atoms with E-state index in [1.54, 1.807) is 6.33 Å². The summed E-state index contributed by atoms with van der Waals surface area (Å²) in [5.74, 6) is 0.826. The first-order chi connectivity index (χ1) is 14.0. The Kier molecular flexibility index (Phi) is 5.85. The van der Waals surface area contributed by atoms with Gasteiger partial charge >= 0.3 is 0 Å². The number of carbonyl (C=O) groups is 1. The van der Waals surface area contributed by atoms with E-state index in [0.717, 1.165) is 70.0 Å². The molecule has 0 unspecified atom stereocenters. The third-order valence-electron chi connectivity index (χ3n) is 5.40. The second-order valence-corrected chi connectivity index (χ2v) is 9.15. The first kappa shape index (κ1) is 20.3. The topological polar surface area (TPSA) is 61.4 Å². The number of hydrogen-bond donors (Lipinski definition) is 1. The van der Waals surface area contributed by atoms with Crippen molar-refractivity contribution in [1.29, 1.82) is 0 Å². The molecule has 1 saturated heterocycles. The zero-order chi connectivity index (χ0) is 20.5. The Morgan fingerprint density at radius 3 is 2.66 bits per heavy atom. The molecule has 3 heterocycles. The second-order valence-electron chi connectivity index (χ2n) is 7.29. The maximum absolute atomic E-state index is 13.0. The van der Waals surface area contributed by atoms with Crippen molar-refractivity contribution in [2.75, 3.05) is 42.9 Å². The number of hydrogen-bond acceptors (Lipinski definition) is 6. The minimum absolute atomic E-state index is 0.114. The molecule has 0 aliphatic carbocycles. The Balaban J connectivity index is 1.65. The minimum Gasteiger partial charge on any atom is -0.353 e. The van der Waals surface area contributed by atoms with Crippen molar-refractivity contribution in [2.24, 2.45) is 0 Å². The van der Waals surface area contributed by atoms with Crippen LogP contribution < -0.4 is 10.2 Å². The maximum Gasteiger partial charge on any atom is 0.266 e. The van der Waals surface area contributed by atoms with Gasteiger partial charge in [0.2, 0.25) is 0 Å². The van der Waals surface area contributed by atoms with Crippen LogP contribution in [-0.4, -0.2) is 53.5 Å². The molecule has 1 aromatic carbocycles. The first-order valence-electron chi connectivity index (χ1n) is 9.76. The number of piperazine rings is 1. The first-order valence-corrected chi connectivity index (χ1v) is 11.4. The average molecular weight is 474 g/mol. The highest BCUT2D eigenvalue weighted by molar-refractivity contribution is 9.10. The third-order valence-corrected chi connectivity index (χ3v) is 7.26. The summed E-state index contributed by atoms with van der Waals surface area (Å²) < 4.78 is 0.874. The summed E-state index contributed by atoms with van der Waals surface area (Å²) in [7, 11) is 0. The van der Waals surface area contributed by atoms with Crippen molar-refractivity contribution in [3.05, 3.63) is 45.0 Å². The monoisotopic (exact) mass is 473 g/mol. The molecular weight excluding hydrogens is 450 g/mol. The van der Waals surface area contributed by atoms with Crippen molar-refractivity contribution >= 4 is 54.9 Å². The number of nitrogens with zero attached hydrogens (tertiary/aromatic N) is 4. The van der Waals surface area contributed by atoms with E-state index in [2.05, 4.69) is 47.9 Å². The fourth-order valence-corrected chi connectivity index (χ4v) is 5.32. The van der Waals surface area contributed by atoms with Gasteiger partial charge in [0.1, 0.15) is 17.0 Å². The molecule has 0 saturated carbocycles. The van der Waals surface area contributed by atoms with E-state index in [9.17, 15) is 4.79 Å². The molecule has 0 spiro atoms. The highest BCUT2D eigenvalue weighted by Gasteiger charge is 2.24. The molecule has 2 aromatic heterocycles. The summed E-state index contributed by atoms with van der Waals surface area (Å²) in [6.45, 7) is 11.2. The van der Waals surface area contributed by atoms with Crippen molar-refractivity contribution in [3.63, 3.8) is 0 Å². The van der Waals surface area contributed by atoms with Crippen molar-refractivity contribution in [1.82, 2.24) is 14.9 Å². The van der Waals surface area contributed by atoms with Gasteiger partial charge in [-0.3, -0.25) is 4.79 Å². The van der Waals surface area contributed by atoms with E-state index in [-0.39, 0.29) is 5.91 Å². The van der Waals surface area contributed by atoms with Crippen molar-refractivity contribution < 1.29 is 4.79 Å². The lowest BCUT2D eigenvalue weighted by molar-refractivity contribution is 0.103. The van der Waals surface area contributed by atoms with Crippen molar-refractivity contribution in [2.45, 2.75) is 20.8 Å². The van der Waals surface area contributed by atoms with Crippen LogP contribution in [0.2, 0.25) is 0 Å². The molecule has 1 aliphatic rings. The summed E-state index contributed by atoms with van der Waals surface area (Å²) in [5.41, 5.74) is 2.84. The van der Waals surface area contributed by atoms with Gasteiger partial charge in [-0.25, -0.2) is 9.97 Å². The molecule has 4 rings (SSSR count). The Labute approximate surface area is 183 Å². The molecule has 3 aromatic rings. The van der Waals surface area contributed by atoms with E-state index >= 15 is 0 Å². The van der Waals surface area contributed by atoms with Crippen molar-refractivity contribution in [3.8, 4) is 0 Å². The predicted octanol–water partition coefficient (Wildman–Crippen LogP) is 4.46. The highest BCUT2D eigenvalue weighted by Crippen LogP contribution is 2.36. The van der Waals surface area contributed by atoms with Crippen LogP contribution in [0, 0.1) is 13.8 Å². The molecule has 1 amide bonds. The largest absolute Gasteiger partial charge is 0.353 e. The van der Waals surface area contributed by atoms with Crippen LogP contribution >= 0.6 is 27.3 Å². The smallest absolute Gasteiger partial charge is 0.266 e. The SMILES string of the molecule is CCN1CCN(c2ncnc3sc(C(=O)Nc4ccc(C)cc4Br)c(C)c23)CC1. The van der Waals surface area contributed by atoms with E-state index in [1.165, 1.54) is 11.3 Å². The molecule has 0 radical (unpaired) electrons. The van der Waals surface area contributed by atoms with Crippen LogP contribution in [0.15, 0.2) is 29.0 Å². The zero-order valence-electron chi connectivity index (χ0n) is 16.8. The van der Waals surface area contributed by atoms with E-state index < -0.39 is 0 Å². The van der Waals surface area contributed by atoms with Crippen LogP contribution in [0.5, 0.6) is 0 Å². The number of halogens is 1. The molecule has 1 fully saturated rings. The summed E-state index contributed by atoms with van der Waals surface area (Å²) >= 11 is 4.96. The van der Waals surface area contributed by atoms with Crippen LogP contribution in [0.4, 0.5) is 11.5 Å². The van der Waals surface area contributed by atoms with Crippen LogP contribution in [-0.2, 0) is 0 Å². The highest BCUT2D eigenvalue weighted by atomic mass is 79.9. The number of carbonyl (C=O) groups excluding carboxylic acids is 1. The number of benzene rings is 1. The summed E-state index contributed by atoms with van der Waals surface area (Å²) in [6.07, 6.45) is 1.61. The quantitative estimate of drug-likeness (QED) is 0.605. The zero-order valence-corrected chi connectivity index (χ0v) is 19.2. The van der Waals surface area contributed by atoms with E-state index in [1.807, 2.05) is 32.0 Å². The molecule has 8 heteroatoms. The number of aromatic nitrogens is 2. The number of thiophene rings is 1. The number of fused-ring (bicyclic) bond motifs is 1. The van der Waals surface area contributed by atoms with Gasteiger partial charge in [0, 0.05) is 30.7 Å². The fourth-order valence-electron chi connectivity index (χ4n) is 3.69. The number of rotatable bonds is 4. The van der Waals surface area contributed by atoms with Gasteiger partial charge in [0.05, 0.1) is 16.0 Å². The normalized spacial score (nSPS) is 15.1. The summed E-state index contributed by atoms with van der Waals surface area (Å²) in [6, 6.07) is 5.89. The van der Waals surface area contributed by atoms with Gasteiger partial charge in [0.15, 0.2) is 0 Å². The molecule has 152 valence electrons. The molecule has 1 N–H and O–H groups in total. The van der Waals surface area contributed by atoms with Gasteiger partial charge in [-0.1, -0.05) is 13.0 Å². The Morgan fingerprint density at radius 2 is 1.97 bits per heavy atom. The lowest BCUT2D eigenvalue weighted by Crippen LogP contribution is -2.46. The Hall–Kier alpha value is -2.03. The van der Waals surface area contributed by atoms with Crippen LogP contribution in [0.25, 0.3) is 10.2 Å². The molecular formula is C21H24BrN5OS. The van der Waals surface area contributed by atoms with Crippen LogP contribution in [0.1, 0.15) is 27.7 Å². The van der Waals surface area contributed by atoms with Gasteiger partial charge in [-0.2, -0.15) is 0 Å². The lowest BCUT2D eigenvalue weighted by Gasteiger charge is -2.35. The van der Waals surface area contributed by atoms with E-state index in [0.29, 0.717) is 4.88 Å². The molecule has 29 heavy (non-hydrogen) atoms. The lowest BCUT2D eigenvalue weighted by atomic mass is 10.1. The van der Waals surface area contributed by atoms with E-state index in [4.69, 9.17) is 0 Å². The maximum atomic E-state index is 13.0. The predicted molar refractivity (Wildman–Crippen MR) is 123 cm³/mol.